The lowest BCUT2D eigenvalue weighted by Crippen LogP contribution is -2.48. The lowest BCUT2D eigenvalue weighted by molar-refractivity contribution is -0.356. The van der Waals surface area contributed by atoms with Gasteiger partial charge in [0.25, 0.3) is 5.56 Å². The zero-order valence-electron chi connectivity index (χ0n) is 15.3. The molecule has 3 rings (SSSR count). The van der Waals surface area contributed by atoms with Crippen LogP contribution >= 0.6 is 24.0 Å². The number of phosphoric acid groups is 1. The summed E-state index contributed by atoms with van der Waals surface area (Å²) in [5.41, 5.74) is 4.36. The molecule has 0 spiro atoms. The Kier molecular flexibility index (Phi) is 7.01. The van der Waals surface area contributed by atoms with Crippen LogP contribution in [-0.4, -0.2) is 64.4 Å². The normalized spacial score (nSPS) is 25.0. The van der Waals surface area contributed by atoms with Gasteiger partial charge < -0.3 is 50.0 Å². The van der Waals surface area contributed by atoms with Crippen LogP contribution in [0, 0.1) is 0 Å². The molecule has 0 bridgehead atoms. The molecular formula is C10H15N6O13P3-2. The van der Waals surface area contributed by atoms with Gasteiger partial charge in [-0.15, -0.1) is 4.31 Å². The van der Waals surface area contributed by atoms with Gasteiger partial charge in [-0.05, 0) is 4.86 Å². The first-order valence-electron chi connectivity index (χ1n) is 8.16. The fourth-order valence-electron chi connectivity index (χ4n) is 2.85. The third kappa shape index (κ3) is 5.63. The van der Waals surface area contributed by atoms with Crippen molar-refractivity contribution >= 4 is 41.1 Å². The molecule has 2 aromatic heterocycles. The Balaban J connectivity index is 1.84. The quantitative estimate of drug-likeness (QED) is 0.159. The van der Waals surface area contributed by atoms with Crippen molar-refractivity contribution in [2.24, 2.45) is 0 Å². The molecule has 0 aliphatic carbocycles. The number of H-pyrrole nitrogens is 1. The molecule has 1 aliphatic heterocycles. The Labute approximate surface area is 177 Å². The van der Waals surface area contributed by atoms with Gasteiger partial charge in [-0.25, -0.2) is 14.1 Å². The second-order valence-corrected chi connectivity index (χ2v) is 10.9. The number of imidazole rings is 1. The molecule has 32 heavy (non-hydrogen) atoms. The maximum absolute atomic E-state index is 12.0. The lowest BCUT2D eigenvalue weighted by atomic mass is 10.1. The predicted molar refractivity (Wildman–Crippen MR) is 94.5 cm³/mol. The van der Waals surface area contributed by atoms with Crippen LogP contribution in [0.25, 0.3) is 11.2 Å². The van der Waals surface area contributed by atoms with E-state index in [0.717, 1.165) is 15.8 Å². The molecule has 180 valence electrons. The number of anilines is 1. The summed E-state index contributed by atoms with van der Waals surface area (Å²) in [5, 5.41) is 20.0. The van der Waals surface area contributed by atoms with E-state index in [-0.39, 0.29) is 17.1 Å². The first-order valence-corrected chi connectivity index (χ1v) is 12.8. The largest absolute Gasteiger partial charge is 0.642 e. The van der Waals surface area contributed by atoms with Gasteiger partial charge in [0, 0.05) is 0 Å². The van der Waals surface area contributed by atoms with Crippen LogP contribution in [0.5, 0.6) is 0 Å². The molecule has 1 saturated heterocycles. The van der Waals surface area contributed by atoms with Crippen molar-refractivity contribution in [3.63, 3.8) is 0 Å². The van der Waals surface area contributed by atoms with Gasteiger partial charge in [-0.2, -0.15) is 4.98 Å². The highest BCUT2D eigenvalue weighted by Crippen LogP contribution is 2.60. The van der Waals surface area contributed by atoms with Crippen LogP contribution in [0.15, 0.2) is 11.1 Å². The number of hydrogen-bond acceptors (Lipinski definition) is 15. The average Bonchev–Trinajstić information content (AvgIpc) is 3.13. The second-order valence-electron chi connectivity index (χ2n) is 6.25. The van der Waals surface area contributed by atoms with Crippen LogP contribution in [0.3, 0.4) is 0 Å². The number of aliphatic hydroxyl groups is 2. The van der Waals surface area contributed by atoms with Gasteiger partial charge in [-0.1, -0.05) is 0 Å². The van der Waals surface area contributed by atoms with Crippen LogP contribution in [0.4, 0.5) is 5.95 Å². The molecule has 19 nitrogen and oxygen atoms in total. The number of nitrogens with zero attached hydrogens (tertiary/aromatic N) is 3. The maximum Gasteiger partial charge on any atom is 0.504 e. The Morgan fingerprint density at radius 1 is 1.34 bits per heavy atom. The summed E-state index contributed by atoms with van der Waals surface area (Å²) in [6.07, 6.45) is -5.91. The van der Waals surface area contributed by atoms with E-state index in [1.54, 1.807) is 0 Å². The lowest BCUT2D eigenvalue weighted by Gasteiger charge is -2.42. The van der Waals surface area contributed by atoms with Gasteiger partial charge in [0.2, 0.25) is 5.95 Å². The third-order valence-corrected chi connectivity index (χ3v) is 8.12. The highest BCUT2D eigenvalue weighted by atomic mass is 31.3. The Hall–Kier alpha value is -1.24. The Bertz CT molecular complexity index is 1090. The number of hydrogen-bond donors (Lipinski definition) is 7. The summed E-state index contributed by atoms with van der Waals surface area (Å²) in [5.74, 6) is -0.312. The summed E-state index contributed by atoms with van der Waals surface area (Å²) < 4.78 is 24.9. The van der Waals surface area contributed by atoms with E-state index in [1.165, 1.54) is 0 Å². The van der Waals surface area contributed by atoms with Crippen molar-refractivity contribution in [2.75, 3.05) is 12.3 Å². The SMILES string of the molecule is Nc1nc2c(ncn2[C@@H]2O[C@H](CO)[C@@H](O[P+]([O-])([O-])N[P+]([O-])([O-])OP(=O)(O)O)[C@H]2O)c(=O)[nH]1. The molecule has 22 heteroatoms. The summed E-state index contributed by atoms with van der Waals surface area (Å²) in [6.45, 7) is -0.922. The second kappa shape index (κ2) is 8.84. The number of nitrogens with two attached hydrogens (primary N) is 1. The van der Waals surface area contributed by atoms with Crippen LogP contribution in [0.1, 0.15) is 6.23 Å². The fourth-order valence-corrected chi connectivity index (χ4v) is 6.41. The summed E-state index contributed by atoms with van der Waals surface area (Å²) >= 11 is 0. The Morgan fingerprint density at radius 2 is 2.00 bits per heavy atom. The summed E-state index contributed by atoms with van der Waals surface area (Å²) in [7, 11) is -17.2. The third-order valence-electron chi connectivity index (χ3n) is 3.93. The number of nitrogen functional groups attached to an aromatic ring is 1. The number of rotatable bonds is 8. The molecule has 2 aromatic rings. The minimum absolute atomic E-state index is 0.171. The number of aromatic nitrogens is 4. The van der Waals surface area contributed by atoms with E-state index >= 15 is 0 Å². The van der Waals surface area contributed by atoms with E-state index in [4.69, 9.17) is 20.3 Å². The molecule has 0 radical (unpaired) electrons. The smallest absolute Gasteiger partial charge is 0.504 e. The van der Waals surface area contributed by atoms with Crippen molar-refractivity contribution in [3.8, 4) is 0 Å². The molecule has 0 aromatic carbocycles. The van der Waals surface area contributed by atoms with Crippen molar-refractivity contribution in [2.45, 2.75) is 24.5 Å². The molecule has 8 N–H and O–H groups in total. The molecule has 4 atom stereocenters. The minimum atomic E-state index is -5.87. The summed E-state index contributed by atoms with van der Waals surface area (Å²) in [4.78, 5) is 86.6. The van der Waals surface area contributed by atoms with Crippen molar-refractivity contribution in [3.05, 3.63) is 16.7 Å². The fraction of sp³-hybridized carbons (Fsp3) is 0.500. The zero-order valence-corrected chi connectivity index (χ0v) is 18.0. The van der Waals surface area contributed by atoms with Crippen molar-refractivity contribution in [1.82, 2.24) is 24.4 Å². The first kappa shape index (κ1) is 25.4. The van der Waals surface area contributed by atoms with Gasteiger partial charge in [-0.3, -0.25) is 14.3 Å². The van der Waals surface area contributed by atoms with E-state index in [9.17, 15) is 39.1 Å². The van der Waals surface area contributed by atoms with E-state index in [0.29, 0.717) is 0 Å². The molecule has 1 fully saturated rings. The monoisotopic (exact) mass is 520 g/mol. The predicted octanol–water partition coefficient (Wildman–Crippen LogP) is -6.17. The number of ether oxygens (including phenoxy) is 1. The van der Waals surface area contributed by atoms with E-state index < -0.39 is 60.7 Å². The first-order chi connectivity index (χ1) is 14.6. The molecule has 1 aliphatic rings. The number of aliphatic hydroxyl groups excluding tert-OH is 2. The van der Waals surface area contributed by atoms with Gasteiger partial charge >= 0.3 is 7.82 Å². The van der Waals surface area contributed by atoms with E-state index in [1.807, 2.05) is 0 Å². The molecule has 0 amide bonds. The van der Waals surface area contributed by atoms with Gasteiger partial charge in [0.15, 0.2) is 39.7 Å². The standard InChI is InChI=1S/C10H17N6O13P3/c11-10-13-7-4(8(19)14-10)12-2-16(7)9-5(18)6(3(1-17)27-9)28-30(20,21)15-31(22,23)29-32(24,25)26/h2-3,5-6,9,17-18H,1H2,(H2,24,25,26)(H3,11,13,14,19)(H3,15,20,21,22,23)/p-2/t3-,5-,6-,9-/m1/s1. The van der Waals surface area contributed by atoms with Gasteiger partial charge in [0.1, 0.15) is 12.2 Å². The average molecular weight is 520 g/mol. The number of aromatic amines is 1. The topological polar surface area (TPSA) is 320 Å². The highest BCUT2D eigenvalue weighted by molar-refractivity contribution is 7.74. The molecule has 3 heterocycles. The van der Waals surface area contributed by atoms with Crippen LogP contribution in [-0.2, 0) is 18.1 Å². The van der Waals surface area contributed by atoms with Crippen LogP contribution < -0.4 is 35.7 Å². The molecular weight excluding hydrogens is 505 g/mol. The maximum atomic E-state index is 12.0. The Morgan fingerprint density at radius 3 is 2.59 bits per heavy atom. The van der Waals surface area contributed by atoms with Crippen molar-refractivity contribution in [1.29, 1.82) is 0 Å². The molecule has 0 unspecified atom stereocenters. The zero-order chi connectivity index (χ0) is 24.1. The van der Waals surface area contributed by atoms with Crippen molar-refractivity contribution < 1.29 is 57.7 Å². The van der Waals surface area contributed by atoms with Gasteiger partial charge in [0.05, 0.1) is 12.9 Å². The number of fused-ring (bicyclic) bond motifs is 1. The molecule has 0 saturated carbocycles. The van der Waals surface area contributed by atoms with Crippen LogP contribution in [0.2, 0.25) is 0 Å². The highest BCUT2D eigenvalue weighted by Gasteiger charge is 2.50. The summed E-state index contributed by atoms with van der Waals surface area (Å²) in [6, 6.07) is 0. The van der Waals surface area contributed by atoms with E-state index in [2.05, 4.69) is 23.8 Å². The minimum Gasteiger partial charge on any atom is -0.642 e. The number of nitrogens with one attached hydrogen (secondary N) is 2.